The van der Waals surface area contributed by atoms with Gasteiger partial charge < -0.3 is 19.9 Å². The van der Waals surface area contributed by atoms with Gasteiger partial charge in [-0.25, -0.2) is 9.78 Å². The Labute approximate surface area is 193 Å². The topological polar surface area (TPSA) is 81.1 Å². The lowest BCUT2D eigenvalue weighted by Gasteiger charge is -2.20. The normalized spacial score (nSPS) is 12.1. The monoisotopic (exact) mass is 467 g/mol. The predicted molar refractivity (Wildman–Crippen MR) is 121 cm³/mol. The van der Waals surface area contributed by atoms with Crippen LogP contribution in [0.2, 0.25) is 0 Å². The largest absolute Gasteiger partial charge is 0.496 e. The first-order valence-corrected chi connectivity index (χ1v) is 10.2. The Hall–Kier alpha value is -4.34. The summed E-state index contributed by atoms with van der Waals surface area (Å²) < 4.78 is 46.5. The van der Waals surface area contributed by atoms with Crippen LogP contribution >= 0.6 is 0 Å². The number of hydrogen-bond acceptors (Lipinski definition) is 4. The standard InChI is InChI=1S/C24H20F3N5O2/c1-34-21-6-5-19(14-20(21)24(25,26)27)31-23(33)30-18-4-2-3-17(13-18)22(32-12-11-29-15-32)16-7-9-28-10-8-16/h2-15,22H,1H3,(H2,30,31,33). The molecule has 0 fully saturated rings. The van der Waals surface area contributed by atoms with E-state index >= 15 is 0 Å². The molecule has 2 aromatic carbocycles. The van der Waals surface area contributed by atoms with Crippen molar-refractivity contribution in [1.29, 1.82) is 0 Å². The molecule has 0 aliphatic rings. The molecule has 0 bridgehead atoms. The molecule has 2 amide bonds. The third-order valence-electron chi connectivity index (χ3n) is 5.07. The molecular weight excluding hydrogens is 447 g/mol. The number of halogens is 3. The lowest BCUT2D eigenvalue weighted by Crippen LogP contribution is -2.20. The van der Waals surface area contributed by atoms with Crippen LogP contribution < -0.4 is 15.4 Å². The Bertz CT molecular complexity index is 1260. The van der Waals surface area contributed by atoms with Gasteiger partial charge in [0, 0.05) is 36.2 Å². The summed E-state index contributed by atoms with van der Waals surface area (Å²) in [5.74, 6) is -0.326. The zero-order valence-corrected chi connectivity index (χ0v) is 18.0. The summed E-state index contributed by atoms with van der Waals surface area (Å²) in [6.07, 6.45) is 3.97. The number of carbonyl (C=O) groups is 1. The SMILES string of the molecule is COc1ccc(NC(=O)Nc2cccc(C(c3ccncc3)n3ccnc3)c2)cc1C(F)(F)F. The minimum absolute atomic E-state index is 0.0187. The first-order valence-electron chi connectivity index (χ1n) is 10.2. The maximum absolute atomic E-state index is 13.3. The quantitative estimate of drug-likeness (QED) is 0.388. The van der Waals surface area contributed by atoms with Crippen molar-refractivity contribution < 1.29 is 22.7 Å². The first kappa shape index (κ1) is 22.8. The van der Waals surface area contributed by atoms with Crippen molar-refractivity contribution in [2.45, 2.75) is 12.2 Å². The number of anilines is 2. The lowest BCUT2D eigenvalue weighted by atomic mass is 9.99. The van der Waals surface area contributed by atoms with E-state index in [1.54, 1.807) is 43.1 Å². The maximum atomic E-state index is 13.3. The number of amides is 2. The zero-order chi connectivity index (χ0) is 24.1. The maximum Gasteiger partial charge on any atom is 0.420 e. The number of rotatable bonds is 6. The Morgan fingerprint density at radius 1 is 0.941 bits per heavy atom. The highest BCUT2D eigenvalue weighted by Gasteiger charge is 2.34. The number of hydrogen-bond donors (Lipinski definition) is 2. The van der Waals surface area contributed by atoms with Crippen molar-refractivity contribution in [3.63, 3.8) is 0 Å². The fraction of sp³-hybridized carbons (Fsp3) is 0.125. The van der Waals surface area contributed by atoms with Crippen LogP contribution in [0.25, 0.3) is 0 Å². The summed E-state index contributed by atoms with van der Waals surface area (Å²) in [4.78, 5) is 20.7. The average Bonchev–Trinajstić information content (AvgIpc) is 3.34. The molecule has 2 heterocycles. The van der Waals surface area contributed by atoms with Gasteiger partial charge in [0.2, 0.25) is 0 Å². The summed E-state index contributed by atoms with van der Waals surface area (Å²) in [6.45, 7) is 0. The summed E-state index contributed by atoms with van der Waals surface area (Å²) in [5, 5.41) is 5.10. The minimum Gasteiger partial charge on any atom is -0.496 e. The number of nitrogens with one attached hydrogen (secondary N) is 2. The van der Waals surface area contributed by atoms with E-state index in [-0.39, 0.29) is 17.5 Å². The van der Waals surface area contributed by atoms with Crippen molar-refractivity contribution in [1.82, 2.24) is 14.5 Å². The molecule has 4 rings (SSSR count). The highest BCUT2D eigenvalue weighted by atomic mass is 19.4. The van der Waals surface area contributed by atoms with Gasteiger partial charge in [0.1, 0.15) is 5.75 Å². The van der Waals surface area contributed by atoms with Crippen LogP contribution in [0.1, 0.15) is 22.7 Å². The molecule has 174 valence electrons. The third kappa shape index (κ3) is 5.17. The van der Waals surface area contributed by atoms with Crippen molar-refractivity contribution in [3.8, 4) is 5.75 Å². The molecule has 0 aliphatic carbocycles. The van der Waals surface area contributed by atoms with Gasteiger partial charge in [0.15, 0.2) is 0 Å². The molecule has 2 N–H and O–H groups in total. The number of pyridine rings is 1. The molecule has 10 heteroatoms. The van der Waals surface area contributed by atoms with Crippen LogP contribution in [0, 0.1) is 0 Å². The van der Waals surface area contributed by atoms with Gasteiger partial charge in [-0.05, 0) is 53.6 Å². The Balaban J connectivity index is 1.55. The van der Waals surface area contributed by atoms with Crippen molar-refractivity contribution in [2.75, 3.05) is 17.7 Å². The third-order valence-corrected chi connectivity index (χ3v) is 5.07. The number of nitrogens with zero attached hydrogens (tertiary/aromatic N) is 3. The van der Waals surface area contributed by atoms with Crippen LogP contribution in [-0.4, -0.2) is 27.7 Å². The molecule has 4 aromatic rings. The van der Waals surface area contributed by atoms with Gasteiger partial charge in [-0.3, -0.25) is 4.98 Å². The average molecular weight is 467 g/mol. The fourth-order valence-corrected chi connectivity index (χ4v) is 3.59. The smallest absolute Gasteiger partial charge is 0.420 e. The van der Waals surface area contributed by atoms with E-state index in [9.17, 15) is 18.0 Å². The highest BCUT2D eigenvalue weighted by Crippen LogP contribution is 2.37. The molecular formula is C24H20F3N5O2. The number of ether oxygens (including phenoxy) is 1. The van der Waals surface area contributed by atoms with Crippen molar-refractivity contribution in [3.05, 3.63) is 102 Å². The molecule has 0 radical (unpaired) electrons. The minimum atomic E-state index is -4.62. The van der Waals surface area contributed by atoms with Gasteiger partial charge >= 0.3 is 12.2 Å². The fourth-order valence-electron chi connectivity index (χ4n) is 3.59. The van der Waals surface area contributed by atoms with Crippen LogP contribution in [0.4, 0.5) is 29.3 Å². The second-order valence-electron chi connectivity index (χ2n) is 7.31. The summed E-state index contributed by atoms with van der Waals surface area (Å²) >= 11 is 0. The van der Waals surface area contributed by atoms with Crippen LogP contribution in [0.3, 0.4) is 0 Å². The Morgan fingerprint density at radius 2 is 1.68 bits per heavy atom. The van der Waals surface area contributed by atoms with E-state index in [4.69, 9.17) is 4.74 Å². The second kappa shape index (κ2) is 9.65. The predicted octanol–water partition coefficient (Wildman–Crippen LogP) is 5.59. The number of aromatic nitrogens is 3. The number of urea groups is 1. The number of alkyl halides is 3. The highest BCUT2D eigenvalue weighted by molar-refractivity contribution is 5.99. The molecule has 0 saturated carbocycles. The number of carbonyl (C=O) groups excluding carboxylic acids is 1. The summed E-state index contributed by atoms with van der Waals surface area (Å²) in [5.41, 5.74) is 1.31. The van der Waals surface area contributed by atoms with E-state index in [0.29, 0.717) is 5.69 Å². The van der Waals surface area contributed by atoms with Gasteiger partial charge in [-0.15, -0.1) is 0 Å². The zero-order valence-electron chi connectivity index (χ0n) is 18.0. The molecule has 7 nitrogen and oxygen atoms in total. The summed E-state index contributed by atoms with van der Waals surface area (Å²) in [6, 6.07) is 13.4. The first-order chi connectivity index (χ1) is 16.3. The number of imidazole rings is 1. The van der Waals surface area contributed by atoms with E-state index in [0.717, 1.165) is 30.4 Å². The van der Waals surface area contributed by atoms with E-state index in [2.05, 4.69) is 20.6 Å². The number of methoxy groups -OCH3 is 1. The van der Waals surface area contributed by atoms with Gasteiger partial charge in [0.05, 0.1) is 25.0 Å². The van der Waals surface area contributed by atoms with E-state index < -0.39 is 17.8 Å². The molecule has 0 saturated heterocycles. The second-order valence-corrected chi connectivity index (χ2v) is 7.31. The van der Waals surface area contributed by atoms with Gasteiger partial charge in [0.25, 0.3) is 0 Å². The van der Waals surface area contributed by atoms with E-state index in [1.807, 2.05) is 29.0 Å². The van der Waals surface area contributed by atoms with Crippen molar-refractivity contribution in [2.24, 2.45) is 0 Å². The van der Waals surface area contributed by atoms with E-state index in [1.165, 1.54) is 6.07 Å². The molecule has 34 heavy (non-hydrogen) atoms. The molecule has 0 aliphatic heterocycles. The molecule has 1 unspecified atom stereocenters. The molecule has 2 aromatic heterocycles. The van der Waals surface area contributed by atoms with Crippen molar-refractivity contribution >= 4 is 17.4 Å². The van der Waals surface area contributed by atoms with Gasteiger partial charge in [-0.1, -0.05) is 12.1 Å². The van der Waals surface area contributed by atoms with Crippen LogP contribution in [-0.2, 0) is 6.18 Å². The van der Waals surface area contributed by atoms with Crippen LogP contribution in [0.5, 0.6) is 5.75 Å². The number of benzene rings is 2. The Morgan fingerprint density at radius 3 is 2.32 bits per heavy atom. The molecule has 1 atom stereocenters. The van der Waals surface area contributed by atoms with Gasteiger partial charge in [-0.2, -0.15) is 13.2 Å². The lowest BCUT2D eigenvalue weighted by molar-refractivity contribution is -0.138. The van der Waals surface area contributed by atoms with Crippen LogP contribution in [0.15, 0.2) is 85.7 Å². The Kier molecular flexibility index (Phi) is 6.48. The molecule has 0 spiro atoms. The summed E-state index contributed by atoms with van der Waals surface area (Å²) in [7, 11) is 1.15.